The van der Waals surface area contributed by atoms with Gasteiger partial charge in [0.15, 0.2) is 11.6 Å². The van der Waals surface area contributed by atoms with Crippen LogP contribution < -0.4 is 4.74 Å². The number of halogens is 4. The first-order valence-electron chi connectivity index (χ1n) is 12.8. The molecule has 9 heteroatoms. The van der Waals surface area contributed by atoms with Crippen LogP contribution in [0, 0.1) is 29.8 Å². The van der Waals surface area contributed by atoms with Crippen molar-refractivity contribution in [2.45, 2.75) is 51.6 Å². The summed E-state index contributed by atoms with van der Waals surface area (Å²) in [6, 6.07) is 6.82. The zero-order valence-electron chi connectivity index (χ0n) is 21.6. The van der Waals surface area contributed by atoms with Gasteiger partial charge in [-0.2, -0.15) is 0 Å². The summed E-state index contributed by atoms with van der Waals surface area (Å²) in [5.74, 6) is -3.39. The standard InChI is InChI=1S/C29H32F4N2O3/c1-18-17-34-25-6-5-21(38-2)16-22(25)26(18)23(31)7-8-29(28(36)37)9-12-35(13-10-29)11-3-4-19-14-20(30)15-24(32)27(19)33/h5-6,14-17,23H,3-4,7-13H2,1-2H3,(H,36,37)/t23-/m1/s1. The maximum absolute atomic E-state index is 15.7. The first-order chi connectivity index (χ1) is 18.1. The molecule has 0 spiro atoms. The molecular weight excluding hydrogens is 500 g/mol. The second kappa shape index (κ2) is 11.7. The summed E-state index contributed by atoms with van der Waals surface area (Å²) in [6.07, 6.45) is 1.91. The van der Waals surface area contributed by atoms with Gasteiger partial charge in [-0.25, -0.2) is 17.6 Å². The van der Waals surface area contributed by atoms with Crippen molar-refractivity contribution in [3.05, 3.63) is 70.7 Å². The number of alkyl halides is 1. The number of hydrogen-bond donors (Lipinski definition) is 1. The van der Waals surface area contributed by atoms with Crippen LogP contribution in [0.15, 0.2) is 36.5 Å². The minimum absolute atomic E-state index is 0.00932. The van der Waals surface area contributed by atoms with Crippen LogP contribution in [0.5, 0.6) is 5.75 Å². The molecule has 1 aromatic heterocycles. The lowest BCUT2D eigenvalue weighted by Crippen LogP contribution is -2.44. The topological polar surface area (TPSA) is 62.7 Å². The Bertz CT molecular complexity index is 1310. The van der Waals surface area contributed by atoms with Crippen molar-refractivity contribution >= 4 is 16.9 Å². The molecule has 38 heavy (non-hydrogen) atoms. The maximum Gasteiger partial charge on any atom is 0.309 e. The number of rotatable bonds is 10. The van der Waals surface area contributed by atoms with Gasteiger partial charge in [-0.15, -0.1) is 0 Å². The van der Waals surface area contributed by atoms with E-state index in [1.54, 1.807) is 38.4 Å². The van der Waals surface area contributed by atoms with E-state index in [4.69, 9.17) is 4.74 Å². The third-order valence-electron chi connectivity index (χ3n) is 7.76. The van der Waals surface area contributed by atoms with Crippen molar-refractivity contribution in [1.82, 2.24) is 9.88 Å². The molecule has 1 atom stereocenters. The van der Waals surface area contributed by atoms with Gasteiger partial charge in [-0.05, 0) is 106 Å². The van der Waals surface area contributed by atoms with Crippen LogP contribution in [0.1, 0.15) is 55.0 Å². The number of methoxy groups -OCH3 is 1. The van der Waals surface area contributed by atoms with Crippen molar-refractivity contribution in [2.24, 2.45) is 5.41 Å². The highest BCUT2D eigenvalue weighted by molar-refractivity contribution is 5.85. The summed E-state index contributed by atoms with van der Waals surface area (Å²) in [6.45, 7) is 3.34. The summed E-state index contributed by atoms with van der Waals surface area (Å²) >= 11 is 0. The number of piperidine rings is 1. The number of carboxylic acid groups (broad SMARTS) is 1. The molecule has 5 nitrogen and oxygen atoms in total. The van der Waals surface area contributed by atoms with E-state index in [1.165, 1.54) is 0 Å². The van der Waals surface area contributed by atoms with Crippen molar-refractivity contribution < 1.29 is 32.2 Å². The average molecular weight is 533 g/mol. The first-order valence-corrected chi connectivity index (χ1v) is 12.8. The zero-order valence-corrected chi connectivity index (χ0v) is 21.6. The highest BCUT2D eigenvalue weighted by Gasteiger charge is 2.41. The van der Waals surface area contributed by atoms with Gasteiger partial charge in [0.1, 0.15) is 17.7 Å². The highest BCUT2D eigenvalue weighted by Crippen LogP contribution is 2.41. The van der Waals surface area contributed by atoms with Gasteiger partial charge in [0.2, 0.25) is 0 Å². The van der Waals surface area contributed by atoms with E-state index in [2.05, 4.69) is 9.88 Å². The van der Waals surface area contributed by atoms with Crippen LogP contribution >= 0.6 is 0 Å². The maximum atomic E-state index is 15.7. The molecular formula is C29H32F4N2O3. The Kier molecular flexibility index (Phi) is 8.55. The lowest BCUT2D eigenvalue weighted by Gasteiger charge is -2.39. The lowest BCUT2D eigenvalue weighted by atomic mass is 9.74. The van der Waals surface area contributed by atoms with E-state index in [9.17, 15) is 23.1 Å². The van der Waals surface area contributed by atoms with Crippen LogP contribution in [-0.4, -0.2) is 47.7 Å². The van der Waals surface area contributed by atoms with Crippen molar-refractivity contribution in [2.75, 3.05) is 26.7 Å². The van der Waals surface area contributed by atoms with Crippen LogP contribution in [0.25, 0.3) is 10.9 Å². The molecule has 4 rings (SSSR count). The van der Waals surface area contributed by atoms with E-state index in [0.717, 1.165) is 6.07 Å². The van der Waals surface area contributed by atoms with Gasteiger partial charge >= 0.3 is 5.97 Å². The Morgan fingerprint density at radius 2 is 1.92 bits per heavy atom. The molecule has 0 unspecified atom stereocenters. The Morgan fingerprint density at radius 1 is 1.18 bits per heavy atom. The number of hydrogen-bond acceptors (Lipinski definition) is 4. The number of nitrogens with zero attached hydrogens (tertiary/aromatic N) is 2. The Morgan fingerprint density at radius 3 is 2.61 bits per heavy atom. The summed E-state index contributed by atoms with van der Waals surface area (Å²) in [5, 5.41) is 10.7. The molecule has 2 heterocycles. The molecule has 0 aliphatic carbocycles. The number of aromatic nitrogens is 1. The third kappa shape index (κ3) is 5.93. The second-order valence-electron chi connectivity index (χ2n) is 10.1. The minimum Gasteiger partial charge on any atom is -0.497 e. The molecule has 1 fully saturated rings. The number of carboxylic acids is 1. The molecule has 0 saturated carbocycles. The summed E-state index contributed by atoms with van der Waals surface area (Å²) in [7, 11) is 1.54. The van der Waals surface area contributed by atoms with Crippen LogP contribution in [0.3, 0.4) is 0 Å². The number of aryl methyl sites for hydroxylation is 2. The smallest absolute Gasteiger partial charge is 0.309 e. The molecule has 1 saturated heterocycles. The Balaban J connectivity index is 1.37. The van der Waals surface area contributed by atoms with Crippen molar-refractivity contribution in [3.63, 3.8) is 0 Å². The zero-order chi connectivity index (χ0) is 27.4. The number of fused-ring (bicyclic) bond motifs is 1. The minimum atomic E-state index is -1.36. The second-order valence-corrected chi connectivity index (χ2v) is 10.1. The fourth-order valence-electron chi connectivity index (χ4n) is 5.44. The number of carbonyl (C=O) groups is 1. The Labute approximate surface area is 219 Å². The number of benzene rings is 2. The van der Waals surface area contributed by atoms with Gasteiger partial charge < -0.3 is 14.7 Å². The third-order valence-corrected chi connectivity index (χ3v) is 7.76. The summed E-state index contributed by atoms with van der Waals surface area (Å²) < 4.78 is 61.7. The molecule has 0 bridgehead atoms. The molecule has 2 aromatic carbocycles. The fourth-order valence-corrected chi connectivity index (χ4v) is 5.44. The molecule has 3 aromatic rings. The van der Waals surface area contributed by atoms with E-state index in [1.807, 2.05) is 0 Å². The van der Waals surface area contributed by atoms with Crippen LogP contribution in [-0.2, 0) is 11.2 Å². The van der Waals surface area contributed by atoms with Crippen molar-refractivity contribution in [3.8, 4) is 5.75 Å². The van der Waals surface area contributed by atoms with E-state index < -0.39 is 35.0 Å². The fraction of sp³-hybridized carbons (Fsp3) is 0.448. The summed E-state index contributed by atoms with van der Waals surface area (Å²) in [5.41, 5.74) is 0.814. The monoisotopic (exact) mass is 532 g/mol. The average Bonchev–Trinajstić information content (AvgIpc) is 2.90. The van der Waals surface area contributed by atoms with Crippen LogP contribution in [0.2, 0.25) is 0 Å². The quantitative estimate of drug-likeness (QED) is 0.237. The first kappa shape index (κ1) is 27.8. The molecule has 204 valence electrons. The van der Waals surface area contributed by atoms with Gasteiger partial charge in [0, 0.05) is 17.6 Å². The van der Waals surface area contributed by atoms with Gasteiger partial charge in [0.05, 0.1) is 18.0 Å². The number of pyridine rings is 1. The molecule has 1 aliphatic rings. The summed E-state index contributed by atoms with van der Waals surface area (Å²) in [4.78, 5) is 18.8. The molecule has 0 radical (unpaired) electrons. The van der Waals surface area contributed by atoms with E-state index in [-0.39, 0.29) is 24.8 Å². The predicted octanol–water partition coefficient (Wildman–Crippen LogP) is 6.56. The van der Waals surface area contributed by atoms with E-state index in [0.29, 0.717) is 72.7 Å². The highest BCUT2D eigenvalue weighted by atomic mass is 19.2. The largest absolute Gasteiger partial charge is 0.497 e. The van der Waals surface area contributed by atoms with E-state index >= 15 is 4.39 Å². The van der Waals surface area contributed by atoms with Gasteiger partial charge in [-0.3, -0.25) is 9.78 Å². The molecule has 1 aliphatic heterocycles. The van der Waals surface area contributed by atoms with Gasteiger partial charge in [-0.1, -0.05) is 0 Å². The molecule has 0 amide bonds. The Hall–Kier alpha value is -3.20. The normalized spacial score (nSPS) is 16.5. The SMILES string of the molecule is COc1ccc2ncc(C)c([C@H](F)CCC3(C(=O)O)CCN(CCCc4cc(F)cc(F)c4F)CC3)c2c1. The number of likely N-dealkylation sites (tertiary alicyclic amines) is 1. The lowest BCUT2D eigenvalue weighted by molar-refractivity contribution is -0.153. The van der Waals surface area contributed by atoms with Gasteiger partial charge in [0.25, 0.3) is 0 Å². The van der Waals surface area contributed by atoms with Crippen LogP contribution in [0.4, 0.5) is 17.6 Å². The predicted molar refractivity (Wildman–Crippen MR) is 136 cm³/mol. The number of ether oxygens (including phenoxy) is 1. The number of aliphatic carboxylic acids is 1. The molecule has 1 N–H and O–H groups in total. The van der Waals surface area contributed by atoms with Crippen molar-refractivity contribution in [1.29, 1.82) is 0 Å².